The van der Waals surface area contributed by atoms with Crippen molar-refractivity contribution in [2.75, 3.05) is 7.05 Å². The van der Waals surface area contributed by atoms with E-state index in [0.29, 0.717) is 0 Å². The molecule has 3 atom stereocenters. The molecule has 276 valence electrons. The maximum Gasteiger partial charge on any atom is 0.0707 e. The Bertz CT molecular complexity index is 2770. The van der Waals surface area contributed by atoms with Crippen LogP contribution in [0, 0.1) is 0 Å². The van der Waals surface area contributed by atoms with E-state index in [1.807, 2.05) is 12.3 Å². The Labute approximate surface area is 334 Å². The van der Waals surface area contributed by atoms with E-state index in [2.05, 4.69) is 216 Å². The summed E-state index contributed by atoms with van der Waals surface area (Å²) in [6.45, 7) is 0.867. The van der Waals surface area contributed by atoms with Crippen LogP contribution < -0.4 is 26.4 Å². The lowest BCUT2D eigenvalue weighted by atomic mass is 9.88. The highest BCUT2D eigenvalue weighted by molar-refractivity contribution is 5.89. The zero-order valence-corrected chi connectivity index (χ0v) is 31.9. The monoisotopic (exact) mass is 736 g/mol. The molecule has 10 rings (SSSR count). The summed E-state index contributed by atoms with van der Waals surface area (Å²) in [4.78, 5) is 2.38. The number of rotatable bonds is 7. The number of dihydropyridines is 2. The second-order valence-electron chi connectivity index (χ2n) is 15.3. The smallest absolute Gasteiger partial charge is 0.0707 e. The van der Waals surface area contributed by atoms with Crippen molar-refractivity contribution in [2.24, 2.45) is 0 Å². The minimum absolute atomic E-state index is 0.0225. The second-order valence-corrected chi connectivity index (χ2v) is 15.3. The third-order valence-electron chi connectivity index (χ3n) is 11.5. The molecular weight excluding hydrogens is 693 g/mol. The predicted octanol–water partition coefficient (Wildman–Crippen LogP) is 9.64. The maximum atomic E-state index is 3.95. The largest absolute Gasteiger partial charge is 0.381 e. The number of hydrogen-bond acceptors (Lipinski definition) is 4. The van der Waals surface area contributed by atoms with Crippen molar-refractivity contribution in [2.45, 2.75) is 24.7 Å². The lowest BCUT2D eigenvalue weighted by Crippen LogP contribution is -2.34. The minimum Gasteiger partial charge on any atom is -0.381 e. The molecule has 3 N–H and O–H groups in total. The van der Waals surface area contributed by atoms with Gasteiger partial charge in [-0.15, -0.1) is 0 Å². The van der Waals surface area contributed by atoms with Gasteiger partial charge in [0.1, 0.15) is 0 Å². The van der Waals surface area contributed by atoms with E-state index < -0.39 is 0 Å². The third kappa shape index (κ3) is 7.03. The second kappa shape index (κ2) is 14.9. The first kappa shape index (κ1) is 34.5. The van der Waals surface area contributed by atoms with Crippen LogP contribution in [0.4, 0.5) is 0 Å². The molecule has 0 amide bonds. The molecule has 4 aliphatic heterocycles. The average molecular weight is 737 g/mol. The van der Waals surface area contributed by atoms with Crippen molar-refractivity contribution in [1.29, 1.82) is 0 Å². The van der Waals surface area contributed by atoms with E-state index in [1.165, 1.54) is 71.8 Å². The van der Waals surface area contributed by atoms with E-state index in [4.69, 9.17) is 0 Å². The van der Waals surface area contributed by atoms with Gasteiger partial charge in [-0.2, -0.15) is 0 Å². The molecule has 0 saturated heterocycles. The van der Waals surface area contributed by atoms with Crippen LogP contribution in [0.25, 0.3) is 46.4 Å². The molecule has 4 heteroatoms. The highest BCUT2D eigenvalue weighted by atomic mass is 15.1. The molecule has 6 aromatic rings. The number of nitrogens with zero attached hydrogens (tertiary/aromatic N) is 1. The molecule has 0 spiro atoms. The van der Waals surface area contributed by atoms with Crippen molar-refractivity contribution in [3.05, 3.63) is 237 Å². The van der Waals surface area contributed by atoms with Gasteiger partial charge >= 0.3 is 0 Å². The van der Waals surface area contributed by atoms with E-state index in [0.717, 1.165) is 17.8 Å². The van der Waals surface area contributed by atoms with Gasteiger partial charge in [0, 0.05) is 31.2 Å². The van der Waals surface area contributed by atoms with Crippen LogP contribution in [0.15, 0.2) is 182 Å². The highest BCUT2D eigenvalue weighted by Gasteiger charge is 2.23. The lowest BCUT2D eigenvalue weighted by molar-refractivity contribution is 0.471. The Morgan fingerprint density at radius 1 is 0.526 bits per heavy atom. The van der Waals surface area contributed by atoms with Crippen molar-refractivity contribution < 1.29 is 0 Å². The molecule has 0 radical (unpaired) electrons. The van der Waals surface area contributed by atoms with E-state index in [-0.39, 0.29) is 18.1 Å². The van der Waals surface area contributed by atoms with Crippen molar-refractivity contribution in [1.82, 2.24) is 20.9 Å². The van der Waals surface area contributed by atoms with Crippen LogP contribution in [0.1, 0.15) is 62.6 Å². The first-order chi connectivity index (χ1) is 28.1. The van der Waals surface area contributed by atoms with Crippen LogP contribution in [0.3, 0.4) is 0 Å². The Morgan fingerprint density at radius 2 is 1.30 bits per heavy atom. The van der Waals surface area contributed by atoms with Crippen LogP contribution in [-0.2, 0) is 6.54 Å². The van der Waals surface area contributed by atoms with Crippen molar-refractivity contribution >= 4 is 35.3 Å². The summed E-state index contributed by atoms with van der Waals surface area (Å²) in [5.74, 6) is 0. The van der Waals surface area contributed by atoms with Gasteiger partial charge in [-0.25, -0.2) is 0 Å². The van der Waals surface area contributed by atoms with Crippen LogP contribution in [-0.4, -0.2) is 11.9 Å². The van der Waals surface area contributed by atoms with Crippen molar-refractivity contribution in [3.63, 3.8) is 0 Å². The first-order valence-electron chi connectivity index (χ1n) is 19.9. The number of benzene rings is 6. The summed E-state index contributed by atoms with van der Waals surface area (Å²) in [7, 11) is 2.21. The van der Waals surface area contributed by atoms with Crippen LogP contribution >= 0.6 is 0 Å². The Balaban J connectivity index is 1.11. The Morgan fingerprint density at radius 3 is 2.16 bits per heavy atom. The normalized spacial score (nSPS) is 19.2. The van der Waals surface area contributed by atoms with Gasteiger partial charge in [0.15, 0.2) is 0 Å². The van der Waals surface area contributed by atoms with Gasteiger partial charge in [0.2, 0.25) is 0 Å². The van der Waals surface area contributed by atoms with Gasteiger partial charge in [-0.1, -0.05) is 133 Å². The average Bonchev–Trinajstić information content (AvgIpc) is 3.29. The number of hydrogen-bond donors (Lipinski definition) is 3. The fourth-order valence-electron chi connectivity index (χ4n) is 8.49. The quantitative estimate of drug-likeness (QED) is 0.153. The zero-order valence-electron chi connectivity index (χ0n) is 31.9. The summed E-state index contributed by atoms with van der Waals surface area (Å²) < 4.78 is 0. The molecule has 0 fully saturated rings. The van der Waals surface area contributed by atoms with Gasteiger partial charge in [0.25, 0.3) is 0 Å². The van der Waals surface area contributed by atoms with Crippen LogP contribution in [0.2, 0.25) is 0 Å². The molecule has 4 nitrogen and oxygen atoms in total. The van der Waals surface area contributed by atoms with Gasteiger partial charge < -0.3 is 20.9 Å². The van der Waals surface area contributed by atoms with Crippen molar-refractivity contribution in [3.8, 4) is 11.1 Å². The summed E-state index contributed by atoms with van der Waals surface area (Å²) >= 11 is 0. The molecule has 3 unspecified atom stereocenters. The summed E-state index contributed by atoms with van der Waals surface area (Å²) in [5.41, 5.74) is 15.8. The maximum absolute atomic E-state index is 3.95. The standard InChI is InChI=1S/C53H44N4/c1-57-35-44-17-8-6-15-41(44)33-53(57)48-28-45(27-47(29-48)50-30-40-14-5-7-16-43(40)34-55-50)46-31-51(38-23-21-37(22-24-38)49-20-9-10-25-54-49)56-52(32-46)42-19-11-18-39(26-42)36-12-3-2-4-13-36/h2-34,49-50,52,54-56H,35H2,1H3. The molecule has 0 aromatic heterocycles. The Kier molecular flexibility index (Phi) is 9.00. The van der Waals surface area contributed by atoms with Gasteiger partial charge in [0.05, 0.1) is 18.1 Å². The number of allylic oxidation sites excluding steroid dienone is 4. The molecular formula is C53H44N4. The van der Waals surface area contributed by atoms with Crippen LogP contribution in [0.5, 0.6) is 0 Å². The number of fused-ring (bicyclic) bond motifs is 2. The molecule has 0 aliphatic carbocycles. The molecule has 0 saturated carbocycles. The molecule has 4 heterocycles. The fraction of sp³-hybridized carbons (Fsp3) is 0.0943. The summed E-state index contributed by atoms with van der Waals surface area (Å²) in [6, 6.07) is 53.2. The lowest BCUT2D eigenvalue weighted by Gasteiger charge is -2.30. The molecule has 0 bridgehead atoms. The zero-order chi connectivity index (χ0) is 38.1. The van der Waals surface area contributed by atoms with Gasteiger partial charge in [-0.05, 0) is 132 Å². The van der Waals surface area contributed by atoms with Gasteiger partial charge in [-0.3, -0.25) is 0 Å². The van der Waals surface area contributed by atoms with E-state index in [9.17, 15) is 0 Å². The van der Waals surface area contributed by atoms with E-state index >= 15 is 0 Å². The highest BCUT2D eigenvalue weighted by Crippen LogP contribution is 2.38. The first-order valence-corrected chi connectivity index (χ1v) is 19.9. The molecule has 57 heavy (non-hydrogen) atoms. The predicted molar refractivity (Wildman–Crippen MR) is 237 cm³/mol. The minimum atomic E-state index is -0.0495. The fourth-order valence-corrected chi connectivity index (χ4v) is 8.49. The third-order valence-corrected chi connectivity index (χ3v) is 11.5. The topological polar surface area (TPSA) is 39.3 Å². The van der Waals surface area contributed by atoms with E-state index in [1.54, 1.807) is 0 Å². The summed E-state index contributed by atoms with van der Waals surface area (Å²) in [5, 5.41) is 13.6. The SMILES string of the molecule is CN1Cc2ccccc2C=C1c1cc(C2=CC(c3cccc(-c4ccccc4)c3)NC(c3ccc(C4C=CC=CN4)cc3)=C2)cc(C2C=c3ccccc3=CN2)c1. The number of nitrogens with one attached hydrogen (secondary N) is 3. The molecule has 6 aromatic carbocycles. The molecule has 4 aliphatic rings. The Hall–Kier alpha value is -7.04. The summed E-state index contributed by atoms with van der Waals surface area (Å²) in [6.07, 6.45) is 19.9.